The molecule has 0 bridgehead atoms. The van der Waals surface area contributed by atoms with Crippen LogP contribution in [0.15, 0.2) is 48.5 Å². The van der Waals surface area contributed by atoms with Gasteiger partial charge in [-0.15, -0.1) is 0 Å². The van der Waals surface area contributed by atoms with E-state index in [0.717, 1.165) is 17.2 Å². The minimum absolute atomic E-state index is 0.0392. The van der Waals surface area contributed by atoms with E-state index in [4.69, 9.17) is 12.2 Å². The molecule has 2 rings (SSSR count). The van der Waals surface area contributed by atoms with Crippen LogP contribution in [0.1, 0.15) is 11.1 Å². The van der Waals surface area contributed by atoms with Crippen LogP contribution in [0.2, 0.25) is 0 Å². The third kappa shape index (κ3) is 5.40. The summed E-state index contributed by atoms with van der Waals surface area (Å²) in [7, 11) is 0. The van der Waals surface area contributed by atoms with Crippen LogP contribution in [-0.4, -0.2) is 21.0 Å². The van der Waals surface area contributed by atoms with E-state index in [2.05, 4.69) is 10.6 Å². The van der Waals surface area contributed by atoms with Gasteiger partial charge in [0.05, 0.1) is 16.7 Å². The number of nitrogens with zero attached hydrogens (tertiary/aromatic N) is 1. The fraction of sp³-hybridized carbons (Fsp3) is 0.0588. The summed E-state index contributed by atoms with van der Waals surface area (Å²) in [5, 5.41) is 25.4. The molecule has 0 aromatic heterocycles. The van der Waals surface area contributed by atoms with Gasteiger partial charge in [-0.25, -0.2) is 0 Å². The van der Waals surface area contributed by atoms with Crippen molar-refractivity contribution in [1.29, 1.82) is 0 Å². The zero-order valence-electron chi connectivity index (χ0n) is 13.2. The largest absolute Gasteiger partial charge is 0.506 e. The van der Waals surface area contributed by atoms with Crippen molar-refractivity contribution in [3.63, 3.8) is 0 Å². The predicted octanol–water partition coefficient (Wildman–Crippen LogP) is 3.14. The Bertz CT molecular complexity index is 847. The van der Waals surface area contributed by atoms with Crippen molar-refractivity contribution >= 4 is 40.7 Å². The Morgan fingerprint density at radius 2 is 1.92 bits per heavy atom. The highest BCUT2D eigenvalue weighted by Crippen LogP contribution is 2.27. The first-order valence-corrected chi connectivity index (χ1v) is 7.60. The fourth-order valence-corrected chi connectivity index (χ4v) is 2.11. The van der Waals surface area contributed by atoms with E-state index in [1.165, 1.54) is 18.2 Å². The maximum absolute atomic E-state index is 11.8. The lowest BCUT2D eigenvalue weighted by molar-refractivity contribution is -0.384. The quantitative estimate of drug-likeness (QED) is 0.255. The molecule has 0 unspecified atom stereocenters. The number of nitro groups is 1. The summed E-state index contributed by atoms with van der Waals surface area (Å²) in [6.45, 7) is 1.97. The van der Waals surface area contributed by atoms with Crippen molar-refractivity contribution in [2.45, 2.75) is 6.92 Å². The molecule has 128 valence electrons. The molecule has 0 heterocycles. The number of aryl methyl sites for hydroxylation is 1. The second kappa shape index (κ2) is 8.02. The zero-order chi connectivity index (χ0) is 18.4. The molecule has 0 saturated carbocycles. The molecule has 0 radical (unpaired) electrons. The van der Waals surface area contributed by atoms with Crippen molar-refractivity contribution in [2.24, 2.45) is 0 Å². The summed E-state index contributed by atoms with van der Waals surface area (Å²) in [5.41, 5.74) is 1.89. The fourth-order valence-electron chi connectivity index (χ4n) is 1.90. The Kier molecular flexibility index (Phi) is 5.80. The Morgan fingerprint density at radius 3 is 2.52 bits per heavy atom. The molecule has 7 nitrogen and oxygen atoms in total. The van der Waals surface area contributed by atoms with E-state index < -0.39 is 10.8 Å². The molecule has 0 aliphatic carbocycles. The number of hydrogen-bond acceptors (Lipinski definition) is 5. The Labute approximate surface area is 149 Å². The maximum Gasteiger partial charge on any atom is 0.273 e. The van der Waals surface area contributed by atoms with Crippen LogP contribution >= 0.6 is 12.2 Å². The van der Waals surface area contributed by atoms with Crippen molar-refractivity contribution in [2.75, 3.05) is 5.32 Å². The standard InChI is InChI=1S/C17H15N3O4S/c1-11-2-4-12(5-3-11)6-9-16(22)19-17(25)18-14-8-7-13(20(23)24)10-15(14)21/h2-10,21H,1H3,(H2,18,19,22,25)/b9-6+. The molecular formula is C17H15N3O4S. The predicted molar refractivity (Wildman–Crippen MR) is 99.3 cm³/mol. The van der Waals surface area contributed by atoms with Crippen molar-refractivity contribution in [3.8, 4) is 5.75 Å². The lowest BCUT2D eigenvalue weighted by Gasteiger charge is -2.09. The molecule has 0 atom stereocenters. The number of hydrogen-bond donors (Lipinski definition) is 3. The summed E-state index contributed by atoms with van der Waals surface area (Å²) in [4.78, 5) is 21.8. The monoisotopic (exact) mass is 357 g/mol. The number of amides is 1. The van der Waals surface area contributed by atoms with Gasteiger partial charge in [-0.1, -0.05) is 29.8 Å². The third-order valence-electron chi connectivity index (χ3n) is 3.18. The van der Waals surface area contributed by atoms with Gasteiger partial charge in [0.25, 0.3) is 5.69 Å². The topological polar surface area (TPSA) is 104 Å². The Hall–Kier alpha value is -3.26. The molecule has 0 spiro atoms. The van der Waals surface area contributed by atoms with E-state index >= 15 is 0 Å². The van der Waals surface area contributed by atoms with Crippen molar-refractivity contribution in [3.05, 3.63) is 69.8 Å². The van der Waals surface area contributed by atoms with Gasteiger partial charge < -0.3 is 10.4 Å². The second-order valence-corrected chi connectivity index (χ2v) is 5.55. The van der Waals surface area contributed by atoms with E-state index in [-0.39, 0.29) is 22.2 Å². The van der Waals surface area contributed by atoms with E-state index in [1.54, 1.807) is 6.08 Å². The Balaban J connectivity index is 1.94. The number of thiocarbonyl (C=S) groups is 1. The van der Waals surface area contributed by atoms with Gasteiger partial charge in [-0.2, -0.15) is 0 Å². The van der Waals surface area contributed by atoms with Gasteiger partial charge in [-0.05, 0) is 36.8 Å². The smallest absolute Gasteiger partial charge is 0.273 e. The Morgan fingerprint density at radius 1 is 1.24 bits per heavy atom. The van der Waals surface area contributed by atoms with E-state index in [9.17, 15) is 20.0 Å². The number of carbonyl (C=O) groups excluding carboxylic acids is 1. The number of aromatic hydroxyl groups is 1. The summed E-state index contributed by atoms with van der Waals surface area (Å²) in [6.07, 6.45) is 2.97. The minimum Gasteiger partial charge on any atom is -0.506 e. The average molecular weight is 357 g/mol. The molecule has 0 aliphatic heterocycles. The van der Waals surface area contributed by atoms with Gasteiger partial charge in [0, 0.05) is 12.1 Å². The number of nitrogens with one attached hydrogen (secondary N) is 2. The molecule has 2 aromatic carbocycles. The van der Waals surface area contributed by atoms with E-state index in [1.807, 2.05) is 31.2 Å². The van der Waals surface area contributed by atoms with Gasteiger partial charge in [0.2, 0.25) is 5.91 Å². The maximum atomic E-state index is 11.8. The molecule has 2 aromatic rings. The number of non-ortho nitro benzene ring substituents is 1. The summed E-state index contributed by atoms with van der Waals surface area (Å²) >= 11 is 4.98. The first kappa shape index (κ1) is 18.1. The summed E-state index contributed by atoms with van der Waals surface area (Å²) in [5.74, 6) is -0.791. The average Bonchev–Trinajstić information content (AvgIpc) is 2.56. The lowest BCUT2D eigenvalue weighted by atomic mass is 10.1. The van der Waals surface area contributed by atoms with Gasteiger partial charge >= 0.3 is 0 Å². The highest BCUT2D eigenvalue weighted by Gasteiger charge is 2.11. The van der Waals surface area contributed by atoms with E-state index in [0.29, 0.717) is 0 Å². The number of rotatable bonds is 4. The highest BCUT2D eigenvalue weighted by atomic mass is 32.1. The van der Waals surface area contributed by atoms with Gasteiger partial charge in [0.1, 0.15) is 5.75 Å². The van der Waals surface area contributed by atoms with Crippen molar-refractivity contribution in [1.82, 2.24) is 5.32 Å². The van der Waals surface area contributed by atoms with Gasteiger partial charge in [-0.3, -0.25) is 20.2 Å². The zero-order valence-corrected chi connectivity index (χ0v) is 14.0. The SMILES string of the molecule is Cc1ccc(/C=C/C(=O)NC(=S)Nc2ccc([N+](=O)[O-])cc2O)cc1. The summed E-state index contributed by atoms with van der Waals surface area (Å²) in [6, 6.07) is 11.1. The number of nitro benzene ring substituents is 1. The highest BCUT2D eigenvalue weighted by molar-refractivity contribution is 7.80. The van der Waals surface area contributed by atoms with Crippen LogP contribution < -0.4 is 10.6 Å². The van der Waals surface area contributed by atoms with Crippen LogP contribution in [-0.2, 0) is 4.79 Å². The lowest BCUT2D eigenvalue weighted by Crippen LogP contribution is -2.32. The molecule has 1 amide bonds. The van der Waals surface area contributed by atoms with Crippen LogP contribution in [0.3, 0.4) is 0 Å². The normalized spacial score (nSPS) is 10.4. The number of anilines is 1. The first-order chi connectivity index (χ1) is 11.8. The van der Waals surface area contributed by atoms with Crippen LogP contribution in [0, 0.1) is 17.0 Å². The number of benzene rings is 2. The second-order valence-electron chi connectivity index (χ2n) is 5.15. The molecule has 3 N–H and O–H groups in total. The number of carbonyl (C=O) groups is 1. The molecule has 8 heteroatoms. The van der Waals surface area contributed by atoms with Crippen LogP contribution in [0.4, 0.5) is 11.4 Å². The van der Waals surface area contributed by atoms with Crippen molar-refractivity contribution < 1.29 is 14.8 Å². The molecular weight excluding hydrogens is 342 g/mol. The molecule has 0 fully saturated rings. The molecule has 0 aliphatic rings. The van der Waals surface area contributed by atoms with Crippen LogP contribution in [0.5, 0.6) is 5.75 Å². The minimum atomic E-state index is -0.626. The van der Waals surface area contributed by atoms with Crippen LogP contribution in [0.25, 0.3) is 6.08 Å². The third-order valence-corrected chi connectivity index (χ3v) is 3.39. The summed E-state index contributed by atoms with van der Waals surface area (Å²) < 4.78 is 0. The molecule has 0 saturated heterocycles. The van der Waals surface area contributed by atoms with Gasteiger partial charge in [0.15, 0.2) is 5.11 Å². The molecule has 25 heavy (non-hydrogen) atoms. The number of phenolic OH excluding ortho intramolecular Hbond substituents is 1. The first-order valence-electron chi connectivity index (χ1n) is 7.19. The number of phenols is 1.